The SMILES string of the molecule is CCC1CNC(C(C)C)CN1CCCC1CCCO1. The molecule has 19 heavy (non-hydrogen) atoms. The zero-order valence-corrected chi connectivity index (χ0v) is 13.0. The van der Waals surface area contributed by atoms with Crippen molar-refractivity contribution in [3.8, 4) is 0 Å². The van der Waals surface area contributed by atoms with Gasteiger partial charge in [0.2, 0.25) is 0 Å². The first-order chi connectivity index (χ1) is 9.20. The summed E-state index contributed by atoms with van der Waals surface area (Å²) in [4.78, 5) is 2.72. The van der Waals surface area contributed by atoms with Crippen LogP contribution in [-0.2, 0) is 4.74 Å². The highest BCUT2D eigenvalue weighted by molar-refractivity contribution is 4.87. The molecule has 0 radical (unpaired) electrons. The molecule has 2 aliphatic heterocycles. The first-order valence-corrected chi connectivity index (χ1v) is 8.29. The van der Waals surface area contributed by atoms with Crippen LogP contribution < -0.4 is 5.32 Å². The predicted octanol–water partition coefficient (Wildman–Crippen LogP) is 2.65. The fraction of sp³-hybridized carbons (Fsp3) is 1.00. The number of nitrogens with one attached hydrogen (secondary N) is 1. The van der Waals surface area contributed by atoms with Gasteiger partial charge in [-0.2, -0.15) is 0 Å². The molecule has 3 nitrogen and oxygen atoms in total. The van der Waals surface area contributed by atoms with Crippen LogP contribution in [0.1, 0.15) is 52.9 Å². The minimum atomic E-state index is 0.559. The Morgan fingerprint density at radius 3 is 2.84 bits per heavy atom. The Labute approximate surface area is 119 Å². The highest BCUT2D eigenvalue weighted by atomic mass is 16.5. The van der Waals surface area contributed by atoms with Gasteiger partial charge in [0, 0.05) is 31.8 Å². The van der Waals surface area contributed by atoms with Crippen molar-refractivity contribution in [1.82, 2.24) is 10.2 Å². The van der Waals surface area contributed by atoms with Crippen molar-refractivity contribution in [3.05, 3.63) is 0 Å². The molecule has 1 N–H and O–H groups in total. The van der Waals surface area contributed by atoms with E-state index in [0.717, 1.165) is 18.6 Å². The van der Waals surface area contributed by atoms with Gasteiger partial charge in [-0.05, 0) is 44.6 Å². The molecule has 0 amide bonds. The summed E-state index contributed by atoms with van der Waals surface area (Å²) >= 11 is 0. The fourth-order valence-corrected chi connectivity index (χ4v) is 3.40. The van der Waals surface area contributed by atoms with Crippen molar-refractivity contribution in [3.63, 3.8) is 0 Å². The molecule has 3 heteroatoms. The maximum absolute atomic E-state index is 5.72. The van der Waals surface area contributed by atoms with Gasteiger partial charge in [0.25, 0.3) is 0 Å². The lowest BCUT2D eigenvalue weighted by Crippen LogP contribution is -2.58. The summed E-state index contributed by atoms with van der Waals surface area (Å²) in [6.07, 6.45) is 6.93. The van der Waals surface area contributed by atoms with E-state index in [9.17, 15) is 0 Å². The summed E-state index contributed by atoms with van der Waals surface area (Å²) in [6.45, 7) is 11.6. The van der Waals surface area contributed by atoms with Crippen molar-refractivity contribution in [2.24, 2.45) is 5.92 Å². The van der Waals surface area contributed by atoms with Gasteiger partial charge >= 0.3 is 0 Å². The van der Waals surface area contributed by atoms with E-state index in [4.69, 9.17) is 4.74 Å². The Bertz CT molecular complexity index is 251. The van der Waals surface area contributed by atoms with Crippen LogP contribution in [0.3, 0.4) is 0 Å². The quantitative estimate of drug-likeness (QED) is 0.801. The van der Waals surface area contributed by atoms with Gasteiger partial charge in [0.05, 0.1) is 6.10 Å². The number of piperazine rings is 1. The van der Waals surface area contributed by atoms with Gasteiger partial charge in [-0.25, -0.2) is 0 Å². The molecular formula is C16H32N2O. The average molecular weight is 268 g/mol. The van der Waals surface area contributed by atoms with E-state index in [1.165, 1.54) is 51.7 Å². The molecule has 0 saturated carbocycles. The van der Waals surface area contributed by atoms with Gasteiger partial charge in [0.15, 0.2) is 0 Å². The van der Waals surface area contributed by atoms with E-state index in [2.05, 4.69) is 31.0 Å². The van der Waals surface area contributed by atoms with Gasteiger partial charge in [0.1, 0.15) is 0 Å². The van der Waals surface area contributed by atoms with Gasteiger partial charge in [-0.15, -0.1) is 0 Å². The predicted molar refractivity (Wildman–Crippen MR) is 80.5 cm³/mol. The van der Waals surface area contributed by atoms with E-state index in [1.807, 2.05) is 0 Å². The van der Waals surface area contributed by atoms with Crippen LogP contribution in [0.4, 0.5) is 0 Å². The molecule has 0 aromatic heterocycles. The largest absolute Gasteiger partial charge is 0.378 e. The Hall–Kier alpha value is -0.120. The molecule has 0 spiro atoms. The second-order valence-electron chi connectivity index (χ2n) is 6.59. The van der Waals surface area contributed by atoms with Crippen LogP contribution in [0.2, 0.25) is 0 Å². The van der Waals surface area contributed by atoms with Crippen LogP contribution in [-0.4, -0.2) is 49.3 Å². The minimum Gasteiger partial charge on any atom is -0.378 e. The van der Waals surface area contributed by atoms with Crippen molar-refractivity contribution in [1.29, 1.82) is 0 Å². The molecular weight excluding hydrogens is 236 g/mol. The van der Waals surface area contributed by atoms with Crippen molar-refractivity contribution < 1.29 is 4.74 Å². The number of nitrogens with zero attached hydrogens (tertiary/aromatic N) is 1. The topological polar surface area (TPSA) is 24.5 Å². The average Bonchev–Trinajstić information content (AvgIpc) is 2.91. The summed E-state index contributed by atoms with van der Waals surface area (Å²) in [6, 6.07) is 1.41. The molecule has 0 aromatic rings. The Morgan fingerprint density at radius 2 is 2.21 bits per heavy atom. The lowest BCUT2D eigenvalue weighted by molar-refractivity contribution is 0.0823. The van der Waals surface area contributed by atoms with E-state index in [-0.39, 0.29) is 0 Å². The molecule has 0 aromatic carbocycles. The van der Waals surface area contributed by atoms with E-state index < -0.39 is 0 Å². The van der Waals surface area contributed by atoms with Gasteiger partial charge in [-0.3, -0.25) is 4.90 Å². The first-order valence-electron chi connectivity index (χ1n) is 8.29. The summed E-state index contributed by atoms with van der Waals surface area (Å²) in [5.74, 6) is 0.735. The first kappa shape index (κ1) is 15.3. The third-order valence-corrected chi connectivity index (χ3v) is 4.83. The Balaban J connectivity index is 1.74. The van der Waals surface area contributed by atoms with E-state index in [1.54, 1.807) is 0 Å². The Kier molecular flexibility index (Phi) is 6.11. The van der Waals surface area contributed by atoms with E-state index in [0.29, 0.717) is 12.1 Å². The zero-order chi connectivity index (χ0) is 13.7. The maximum atomic E-state index is 5.72. The lowest BCUT2D eigenvalue weighted by Gasteiger charge is -2.41. The van der Waals surface area contributed by atoms with Crippen molar-refractivity contribution >= 4 is 0 Å². The molecule has 2 rings (SSSR count). The molecule has 3 unspecified atom stereocenters. The maximum Gasteiger partial charge on any atom is 0.0576 e. The lowest BCUT2D eigenvalue weighted by atomic mass is 9.98. The number of rotatable bonds is 6. The fourth-order valence-electron chi connectivity index (χ4n) is 3.40. The molecule has 2 saturated heterocycles. The molecule has 2 heterocycles. The van der Waals surface area contributed by atoms with Crippen LogP contribution in [0.5, 0.6) is 0 Å². The second-order valence-corrected chi connectivity index (χ2v) is 6.59. The summed E-state index contributed by atoms with van der Waals surface area (Å²) in [5.41, 5.74) is 0. The summed E-state index contributed by atoms with van der Waals surface area (Å²) in [5, 5.41) is 3.71. The monoisotopic (exact) mass is 268 g/mol. The number of ether oxygens (including phenoxy) is 1. The Morgan fingerprint density at radius 1 is 1.37 bits per heavy atom. The third-order valence-electron chi connectivity index (χ3n) is 4.83. The van der Waals surface area contributed by atoms with Crippen LogP contribution >= 0.6 is 0 Å². The van der Waals surface area contributed by atoms with E-state index >= 15 is 0 Å². The van der Waals surface area contributed by atoms with Gasteiger partial charge < -0.3 is 10.1 Å². The zero-order valence-electron chi connectivity index (χ0n) is 13.0. The normalized spacial score (nSPS) is 33.2. The summed E-state index contributed by atoms with van der Waals surface area (Å²) < 4.78 is 5.72. The number of hydrogen-bond donors (Lipinski definition) is 1. The number of hydrogen-bond acceptors (Lipinski definition) is 3. The van der Waals surface area contributed by atoms with Crippen molar-refractivity contribution in [2.45, 2.75) is 71.1 Å². The highest BCUT2D eigenvalue weighted by Gasteiger charge is 2.28. The standard InChI is InChI=1S/C16H32N2O/c1-4-14-11-17-16(13(2)3)12-18(14)9-5-7-15-8-6-10-19-15/h13-17H,4-12H2,1-3H3. The smallest absolute Gasteiger partial charge is 0.0576 e. The highest BCUT2D eigenvalue weighted by Crippen LogP contribution is 2.19. The molecule has 2 fully saturated rings. The van der Waals surface area contributed by atoms with Crippen LogP contribution in [0.25, 0.3) is 0 Å². The van der Waals surface area contributed by atoms with Crippen LogP contribution in [0.15, 0.2) is 0 Å². The minimum absolute atomic E-state index is 0.559. The molecule has 2 aliphatic rings. The molecule has 3 atom stereocenters. The van der Waals surface area contributed by atoms with Crippen molar-refractivity contribution in [2.75, 3.05) is 26.2 Å². The molecule has 112 valence electrons. The second kappa shape index (κ2) is 7.61. The summed E-state index contributed by atoms with van der Waals surface area (Å²) in [7, 11) is 0. The molecule has 0 aliphatic carbocycles. The molecule has 0 bridgehead atoms. The van der Waals surface area contributed by atoms with Gasteiger partial charge in [-0.1, -0.05) is 20.8 Å². The third kappa shape index (κ3) is 4.44. The van der Waals surface area contributed by atoms with Crippen LogP contribution in [0, 0.1) is 5.92 Å².